The Bertz CT molecular complexity index is 673. The number of anilines is 3. The first-order valence-electron chi connectivity index (χ1n) is 5.34. The second-order valence-corrected chi connectivity index (χ2v) is 5.16. The highest BCUT2D eigenvalue weighted by molar-refractivity contribution is 9.10. The number of rotatable bonds is 3. The quantitative estimate of drug-likeness (QED) is 0.480. The van der Waals surface area contributed by atoms with Crippen LogP contribution in [0.25, 0.3) is 0 Å². The van der Waals surface area contributed by atoms with Crippen molar-refractivity contribution in [1.29, 1.82) is 0 Å². The largest absolute Gasteiger partial charge is 0.393 e. The molecule has 3 N–H and O–H groups in total. The van der Waals surface area contributed by atoms with Gasteiger partial charge in [-0.15, -0.1) is 0 Å². The molecule has 5 nitrogen and oxygen atoms in total. The van der Waals surface area contributed by atoms with E-state index in [-0.39, 0.29) is 16.4 Å². The van der Waals surface area contributed by atoms with E-state index in [1.807, 2.05) is 0 Å². The Morgan fingerprint density at radius 3 is 2.60 bits per heavy atom. The van der Waals surface area contributed by atoms with Gasteiger partial charge in [-0.3, -0.25) is 10.1 Å². The number of nitro benzene ring substituents is 1. The van der Waals surface area contributed by atoms with Gasteiger partial charge in [-0.05, 0) is 40.2 Å². The fraction of sp³-hybridized carbons (Fsp3) is 0. The fourth-order valence-electron chi connectivity index (χ4n) is 1.60. The molecule has 0 aliphatic rings. The van der Waals surface area contributed by atoms with Gasteiger partial charge in [-0.1, -0.05) is 11.6 Å². The van der Waals surface area contributed by atoms with Crippen LogP contribution < -0.4 is 11.1 Å². The van der Waals surface area contributed by atoms with Gasteiger partial charge in [-0.2, -0.15) is 0 Å². The standard InChI is InChI=1S/C12H8BrClFN3O2/c13-8-3-6(15)4-9(14)12(8)17-7-1-2-11(18(19)20)10(16)5-7/h1-5,17H,16H2. The summed E-state index contributed by atoms with van der Waals surface area (Å²) in [7, 11) is 0. The first-order chi connectivity index (χ1) is 9.38. The lowest BCUT2D eigenvalue weighted by Gasteiger charge is -2.11. The van der Waals surface area contributed by atoms with E-state index in [2.05, 4.69) is 21.2 Å². The number of nitro groups is 1. The van der Waals surface area contributed by atoms with Gasteiger partial charge in [0.2, 0.25) is 0 Å². The van der Waals surface area contributed by atoms with Crippen molar-refractivity contribution in [3.05, 3.63) is 55.8 Å². The van der Waals surface area contributed by atoms with Gasteiger partial charge in [0.25, 0.3) is 5.69 Å². The summed E-state index contributed by atoms with van der Waals surface area (Å²) in [6.45, 7) is 0. The van der Waals surface area contributed by atoms with Crippen LogP contribution in [0.2, 0.25) is 5.02 Å². The minimum absolute atomic E-state index is 0.0226. The van der Waals surface area contributed by atoms with Gasteiger partial charge in [-0.25, -0.2) is 4.39 Å². The molecule has 8 heteroatoms. The van der Waals surface area contributed by atoms with Crippen molar-refractivity contribution in [1.82, 2.24) is 0 Å². The molecule has 104 valence electrons. The summed E-state index contributed by atoms with van der Waals surface area (Å²) in [5.41, 5.74) is 6.38. The average molecular weight is 361 g/mol. The van der Waals surface area contributed by atoms with Crippen LogP contribution in [-0.4, -0.2) is 4.92 Å². The van der Waals surface area contributed by atoms with E-state index >= 15 is 0 Å². The molecule has 0 saturated heterocycles. The lowest BCUT2D eigenvalue weighted by molar-refractivity contribution is -0.383. The van der Waals surface area contributed by atoms with Crippen LogP contribution in [0.5, 0.6) is 0 Å². The van der Waals surface area contributed by atoms with E-state index in [9.17, 15) is 14.5 Å². The van der Waals surface area contributed by atoms with Crippen LogP contribution >= 0.6 is 27.5 Å². The molecular weight excluding hydrogens is 353 g/mol. The molecule has 0 bridgehead atoms. The maximum atomic E-state index is 13.1. The van der Waals surface area contributed by atoms with Gasteiger partial charge >= 0.3 is 0 Å². The predicted molar refractivity (Wildman–Crippen MR) is 79.9 cm³/mol. The Kier molecular flexibility index (Phi) is 4.10. The lowest BCUT2D eigenvalue weighted by atomic mass is 10.2. The van der Waals surface area contributed by atoms with Gasteiger partial charge < -0.3 is 11.1 Å². The molecule has 0 saturated carbocycles. The third kappa shape index (κ3) is 3.00. The molecule has 0 amide bonds. The summed E-state index contributed by atoms with van der Waals surface area (Å²) >= 11 is 9.12. The molecule has 0 unspecified atom stereocenters. The van der Waals surface area contributed by atoms with Gasteiger partial charge in [0, 0.05) is 16.2 Å². The van der Waals surface area contributed by atoms with Crippen molar-refractivity contribution in [3.8, 4) is 0 Å². The molecule has 0 heterocycles. The number of nitrogen functional groups attached to an aromatic ring is 1. The van der Waals surface area contributed by atoms with Crippen molar-refractivity contribution in [3.63, 3.8) is 0 Å². The molecular formula is C12H8BrClFN3O2. The smallest absolute Gasteiger partial charge is 0.292 e. The zero-order valence-corrected chi connectivity index (χ0v) is 12.2. The molecule has 0 atom stereocenters. The highest BCUT2D eigenvalue weighted by Crippen LogP contribution is 2.35. The minimum atomic E-state index is -0.570. The van der Waals surface area contributed by atoms with Crippen LogP contribution in [0, 0.1) is 15.9 Å². The van der Waals surface area contributed by atoms with Gasteiger partial charge in [0.05, 0.1) is 15.6 Å². The number of hydrogen-bond acceptors (Lipinski definition) is 4. The fourth-order valence-corrected chi connectivity index (χ4v) is 2.50. The monoisotopic (exact) mass is 359 g/mol. The van der Waals surface area contributed by atoms with Crippen molar-refractivity contribution in [2.24, 2.45) is 0 Å². The lowest BCUT2D eigenvalue weighted by Crippen LogP contribution is -1.98. The highest BCUT2D eigenvalue weighted by Gasteiger charge is 2.13. The highest BCUT2D eigenvalue weighted by atomic mass is 79.9. The van der Waals surface area contributed by atoms with Crippen molar-refractivity contribution >= 4 is 50.3 Å². The van der Waals surface area contributed by atoms with E-state index in [4.69, 9.17) is 17.3 Å². The maximum Gasteiger partial charge on any atom is 0.292 e. The van der Waals surface area contributed by atoms with Crippen LogP contribution in [-0.2, 0) is 0 Å². The van der Waals surface area contributed by atoms with Crippen LogP contribution in [0.1, 0.15) is 0 Å². The van der Waals surface area contributed by atoms with Gasteiger partial charge in [0.15, 0.2) is 0 Å². The molecule has 0 spiro atoms. The van der Waals surface area contributed by atoms with Crippen molar-refractivity contribution in [2.45, 2.75) is 0 Å². The predicted octanol–water partition coefficient (Wildman–Crippen LogP) is 4.48. The van der Waals surface area contributed by atoms with Gasteiger partial charge in [0.1, 0.15) is 11.5 Å². The second kappa shape index (κ2) is 5.64. The molecule has 0 fully saturated rings. The zero-order valence-electron chi connectivity index (χ0n) is 9.86. The average Bonchev–Trinajstić information content (AvgIpc) is 2.33. The van der Waals surface area contributed by atoms with Crippen LogP contribution in [0.3, 0.4) is 0 Å². The molecule has 0 radical (unpaired) electrons. The Morgan fingerprint density at radius 2 is 2.05 bits per heavy atom. The number of nitrogens with one attached hydrogen (secondary N) is 1. The first kappa shape index (κ1) is 14.5. The molecule has 0 aromatic heterocycles. The maximum absolute atomic E-state index is 13.1. The summed E-state index contributed by atoms with van der Waals surface area (Å²) in [4.78, 5) is 10.1. The second-order valence-electron chi connectivity index (χ2n) is 3.90. The topological polar surface area (TPSA) is 81.2 Å². The van der Waals surface area contributed by atoms with E-state index < -0.39 is 10.7 Å². The van der Waals surface area contributed by atoms with Crippen molar-refractivity contribution in [2.75, 3.05) is 11.1 Å². The molecule has 2 aromatic rings. The number of nitrogens with zero attached hydrogens (tertiary/aromatic N) is 1. The zero-order chi connectivity index (χ0) is 14.9. The SMILES string of the molecule is Nc1cc(Nc2c(Cl)cc(F)cc2Br)ccc1[N+](=O)[O-]. The third-order valence-corrected chi connectivity index (χ3v) is 3.42. The molecule has 20 heavy (non-hydrogen) atoms. The van der Waals surface area contributed by atoms with E-state index in [0.29, 0.717) is 15.8 Å². The van der Waals surface area contributed by atoms with E-state index in [1.165, 1.54) is 24.3 Å². The van der Waals surface area contributed by atoms with E-state index in [1.54, 1.807) is 0 Å². The Hall–Kier alpha value is -1.86. The Balaban J connectivity index is 2.36. The summed E-state index contributed by atoms with van der Waals surface area (Å²) in [6.07, 6.45) is 0. The molecule has 2 aromatic carbocycles. The number of nitrogens with two attached hydrogens (primary N) is 1. The normalized spacial score (nSPS) is 10.3. The summed E-state index contributed by atoms with van der Waals surface area (Å²) in [6, 6.07) is 6.58. The Labute approximate surface area is 126 Å². The first-order valence-corrected chi connectivity index (χ1v) is 6.51. The minimum Gasteiger partial charge on any atom is -0.393 e. The number of benzene rings is 2. The summed E-state index contributed by atoms with van der Waals surface area (Å²) in [5, 5.41) is 13.8. The molecule has 0 aliphatic carbocycles. The summed E-state index contributed by atoms with van der Waals surface area (Å²) < 4.78 is 13.5. The van der Waals surface area contributed by atoms with Crippen LogP contribution in [0.4, 0.5) is 27.1 Å². The number of halogens is 3. The Morgan fingerprint density at radius 1 is 1.35 bits per heavy atom. The molecule has 0 aliphatic heterocycles. The van der Waals surface area contributed by atoms with Crippen molar-refractivity contribution < 1.29 is 9.31 Å². The number of hydrogen-bond donors (Lipinski definition) is 2. The van der Waals surface area contributed by atoms with E-state index in [0.717, 1.165) is 6.07 Å². The molecule has 2 rings (SSSR count). The third-order valence-electron chi connectivity index (χ3n) is 2.50. The van der Waals surface area contributed by atoms with Crippen LogP contribution in [0.15, 0.2) is 34.8 Å². The summed E-state index contributed by atoms with van der Waals surface area (Å²) in [5.74, 6) is -0.476.